The van der Waals surface area contributed by atoms with Gasteiger partial charge in [0.2, 0.25) is 0 Å². The van der Waals surface area contributed by atoms with Crippen LogP contribution in [0.3, 0.4) is 0 Å². The molecule has 0 saturated carbocycles. The second kappa shape index (κ2) is 4.06. The van der Waals surface area contributed by atoms with E-state index in [9.17, 15) is 0 Å². The Balaban J connectivity index is 1.86. The lowest BCUT2D eigenvalue weighted by Crippen LogP contribution is -2.30. The van der Waals surface area contributed by atoms with Crippen molar-refractivity contribution in [2.75, 3.05) is 13.1 Å². The number of para-hydroxylation sites is 1. The van der Waals surface area contributed by atoms with E-state index in [-0.39, 0.29) is 0 Å². The molecular weight excluding hydrogens is 200 g/mol. The molecule has 0 radical (unpaired) electrons. The summed E-state index contributed by atoms with van der Waals surface area (Å²) in [5.41, 5.74) is 2.08. The molecule has 16 heavy (non-hydrogen) atoms. The Labute approximate surface area is 94.2 Å². The third-order valence-electron chi connectivity index (χ3n) is 2.90. The minimum Gasteiger partial charge on any atom is -0.280 e. The van der Waals surface area contributed by atoms with Gasteiger partial charge in [-0.3, -0.25) is 4.90 Å². The molecule has 1 aromatic heterocycles. The Kier molecular flexibility index (Phi) is 2.42. The largest absolute Gasteiger partial charge is 0.280 e. The van der Waals surface area contributed by atoms with Gasteiger partial charge in [-0.15, -0.1) is 5.10 Å². The minimum atomic E-state index is 0.824. The summed E-state index contributed by atoms with van der Waals surface area (Å²) in [6.07, 6.45) is 5.57. The Bertz CT molecular complexity index is 514. The molecule has 0 spiro atoms. The predicted molar refractivity (Wildman–Crippen MR) is 62.9 cm³/mol. The van der Waals surface area contributed by atoms with E-state index in [4.69, 9.17) is 0 Å². The molecule has 1 aliphatic heterocycles. The fraction of sp³-hybridized carbons (Fsp3) is 0.333. The Hall–Kier alpha value is -1.68. The maximum atomic E-state index is 4.19. The summed E-state index contributed by atoms with van der Waals surface area (Å²) < 4.78 is 1.97. The van der Waals surface area contributed by atoms with Crippen molar-refractivity contribution in [3.05, 3.63) is 36.4 Å². The van der Waals surface area contributed by atoms with E-state index < -0.39 is 0 Å². The zero-order valence-electron chi connectivity index (χ0n) is 9.08. The number of rotatable bonds is 2. The smallest absolute Gasteiger partial charge is 0.113 e. The number of fused-ring (bicyclic) bond motifs is 1. The first-order valence-corrected chi connectivity index (χ1v) is 5.59. The van der Waals surface area contributed by atoms with Crippen LogP contribution < -0.4 is 0 Å². The van der Waals surface area contributed by atoms with Gasteiger partial charge >= 0.3 is 0 Å². The van der Waals surface area contributed by atoms with Crippen LogP contribution in [0.2, 0.25) is 0 Å². The lowest BCUT2D eigenvalue weighted by atomic mass is 10.3. The maximum absolute atomic E-state index is 4.19. The number of nitrogens with zero attached hydrogens (tertiary/aromatic N) is 4. The summed E-state index contributed by atoms with van der Waals surface area (Å²) in [5, 5.41) is 8.34. The number of aromatic nitrogens is 3. The first-order chi connectivity index (χ1) is 7.93. The zero-order chi connectivity index (χ0) is 10.8. The Morgan fingerprint density at radius 2 is 2.12 bits per heavy atom. The lowest BCUT2D eigenvalue weighted by molar-refractivity contribution is 0.228. The van der Waals surface area contributed by atoms with Gasteiger partial charge < -0.3 is 0 Å². The molecule has 0 atom stereocenters. The number of benzene rings is 1. The molecule has 0 saturated heterocycles. The summed E-state index contributed by atoms with van der Waals surface area (Å²) in [5.74, 6) is 0. The predicted octanol–water partition coefficient (Wildman–Crippen LogP) is 1.65. The van der Waals surface area contributed by atoms with Crippen molar-refractivity contribution in [1.82, 2.24) is 19.9 Å². The van der Waals surface area contributed by atoms with Crippen LogP contribution in [0, 0.1) is 0 Å². The number of hydrogen-bond donors (Lipinski definition) is 0. The average molecular weight is 214 g/mol. The van der Waals surface area contributed by atoms with Crippen molar-refractivity contribution < 1.29 is 0 Å². The van der Waals surface area contributed by atoms with Gasteiger partial charge in [0.15, 0.2) is 0 Å². The normalized spacial score (nSPS) is 17.0. The summed E-state index contributed by atoms with van der Waals surface area (Å²) in [6.45, 7) is 2.93. The highest BCUT2D eigenvalue weighted by atomic mass is 15.5. The SMILES string of the molecule is C1=CCN(Cn2nnc3ccccc32)CC1. The standard InChI is InChI=1S/C12H14N4/c1-4-8-15(9-5-1)10-16-12-7-3-2-6-11(12)13-14-16/h1-4,6-7H,5,8-10H2. The first kappa shape index (κ1) is 9.54. The van der Waals surface area contributed by atoms with Crippen LogP contribution in [0.25, 0.3) is 11.0 Å². The number of hydrogen-bond acceptors (Lipinski definition) is 3. The molecule has 0 unspecified atom stereocenters. The monoisotopic (exact) mass is 214 g/mol. The molecule has 1 aliphatic rings. The third-order valence-corrected chi connectivity index (χ3v) is 2.90. The summed E-state index contributed by atoms with van der Waals surface area (Å²) in [7, 11) is 0. The van der Waals surface area contributed by atoms with Crippen molar-refractivity contribution in [2.45, 2.75) is 13.1 Å². The molecule has 3 rings (SSSR count). The molecule has 1 aromatic carbocycles. The molecule has 0 fully saturated rings. The molecule has 0 aliphatic carbocycles. The van der Waals surface area contributed by atoms with E-state index in [0.717, 1.165) is 37.2 Å². The highest BCUT2D eigenvalue weighted by Gasteiger charge is 2.09. The van der Waals surface area contributed by atoms with Crippen LogP contribution in [-0.2, 0) is 6.67 Å². The molecule has 2 aromatic rings. The van der Waals surface area contributed by atoms with E-state index in [1.807, 2.05) is 22.9 Å². The summed E-state index contributed by atoms with van der Waals surface area (Å²) >= 11 is 0. The average Bonchev–Trinajstić information content (AvgIpc) is 2.74. The van der Waals surface area contributed by atoms with Crippen molar-refractivity contribution in [2.24, 2.45) is 0 Å². The molecule has 4 heteroatoms. The highest BCUT2D eigenvalue weighted by Crippen LogP contribution is 2.11. The van der Waals surface area contributed by atoms with Crippen molar-refractivity contribution >= 4 is 11.0 Å². The molecule has 0 bridgehead atoms. The van der Waals surface area contributed by atoms with Crippen molar-refractivity contribution in [3.8, 4) is 0 Å². The van der Waals surface area contributed by atoms with Crippen LogP contribution in [0.5, 0.6) is 0 Å². The minimum absolute atomic E-state index is 0.824. The van der Waals surface area contributed by atoms with E-state index in [0.29, 0.717) is 0 Å². The summed E-state index contributed by atoms with van der Waals surface area (Å²) in [4.78, 5) is 2.36. The molecule has 0 N–H and O–H groups in total. The van der Waals surface area contributed by atoms with Crippen LogP contribution in [0.1, 0.15) is 6.42 Å². The fourth-order valence-corrected chi connectivity index (χ4v) is 2.03. The van der Waals surface area contributed by atoms with Gasteiger partial charge in [0.05, 0.1) is 12.2 Å². The quantitative estimate of drug-likeness (QED) is 0.713. The van der Waals surface area contributed by atoms with E-state index >= 15 is 0 Å². The van der Waals surface area contributed by atoms with E-state index in [1.165, 1.54) is 0 Å². The molecule has 82 valence electrons. The van der Waals surface area contributed by atoms with Gasteiger partial charge in [-0.2, -0.15) is 0 Å². The van der Waals surface area contributed by atoms with Crippen LogP contribution in [0.15, 0.2) is 36.4 Å². The molecular formula is C12H14N4. The van der Waals surface area contributed by atoms with Crippen molar-refractivity contribution in [3.63, 3.8) is 0 Å². The second-order valence-corrected chi connectivity index (χ2v) is 4.06. The van der Waals surface area contributed by atoms with Crippen LogP contribution in [-0.4, -0.2) is 33.0 Å². The van der Waals surface area contributed by atoms with Gasteiger partial charge in [0, 0.05) is 13.1 Å². The Morgan fingerprint density at radius 3 is 3.00 bits per heavy atom. The van der Waals surface area contributed by atoms with Gasteiger partial charge in [-0.1, -0.05) is 29.5 Å². The second-order valence-electron chi connectivity index (χ2n) is 4.06. The lowest BCUT2D eigenvalue weighted by Gasteiger charge is -2.22. The summed E-state index contributed by atoms with van der Waals surface area (Å²) in [6, 6.07) is 8.08. The topological polar surface area (TPSA) is 34.0 Å². The van der Waals surface area contributed by atoms with Crippen molar-refractivity contribution in [1.29, 1.82) is 0 Å². The third kappa shape index (κ3) is 1.72. The molecule has 2 heterocycles. The van der Waals surface area contributed by atoms with Gasteiger partial charge in [0.25, 0.3) is 0 Å². The molecule has 0 amide bonds. The first-order valence-electron chi connectivity index (χ1n) is 5.59. The van der Waals surface area contributed by atoms with Gasteiger partial charge in [-0.05, 0) is 18.6 Å². The van der Waals surface area contributed by atoms with Crippen LogP contribution >= 0.6 is 0 Å². The maximum Gasteiger partial charge on any atom is 0.113 e. The van der Waals surface area contributed by atoms with E-state index in [1.54, 1.807) is 0 Å². The van der Waals surface area contributed by atoms with E-state index in [2.05, 4.69) is 33.4 Å². The van der Waals surface area contributed by atoms with Gasteiger partial charge in [0.1, 0.15) is 5.52 Å². The fourth-order valence-electron chi connectivity index (χ4n) is 2.03. The highest BCUT2D eigenvalue weighted by molar-refractivity contribution is 5.73. The zero-order valence-corrected chi connectivity index (χ0v) is 9.08. The van der Waals surface area contributed by atoms with Crippen LogP contribution in [0.4, 0.5) is 0 Å². The molecule has 4 nitrogen and oxygen atoms in total. The Morgan fingerprint density at radius 1 is 1.19 bits per heavy atom. The van der Waals surface area contributed by atoms with Gasteiger partial charge in [-0.25, -0.2) is 4.68 Å².